The molecule has 0 atom stereocenters. The molecule has 2 heterocycles. The summed E-state index contributed by atoms with van der Waals surface area (Å²) in [7, 11) is 3.03. The summed E-state index contributed by atoms with van der Waals surface area (Å²) < 4.78 is 44.4. The van der Waals surface area contributed by atoms with Crippen LogP contribution in [0.15, 0.2) is 85.1 Å². The SMILES string of the molecule is COc1cc(Nc2cc(Oc3ccc(NC(=O)Nc4cc(C(C)(C)C)cc(NS(C)(=O)=O)c4OC)c4ccccc34)ccn2)ccc1C(=O)NCCN1CCN(C(=O)CN(C)C)CC1. The molecule has 0 spiro atoms. The number of nitrogens with zero attached hydrogens (tertiary/aromatic N) is 4. The number of ether oxygens (including phenoxy) is 3. The predicted octanol–water partition coefficient (Wildman–Crippen LogP) is 6.54. The highest BCUT2D eigenvalue weighted by Gasteiger charge is 2.24. The van der Waals surface area contributed by atoms with Crippen LogP contribution >= 0.6 is 0 Å². The Hall–Kier alpha value is -6.63. The molecule has 1 fully saturated rings. The molecule has 6 rings (SSSR count). The van der Waals surface area contributed by atoms with Gasteiger partial charge in [-0.15, -0.1) is 0 Å². The smallest absolute Gasteiger partial charge is 0.323 e. The van der Waals surface area contributed by atoms with E-state index in [1.807, 2.05) is 68.9 Å². The largest absolute Gasteiger partial charge is 0.496 e. The lowest BCUT2D eigenvalue weighted by Gasteiger charge is -2.35. The molecule has 1 saturated heterocycles. The Labute approximate surface area is 374 Å². The molecule has 64 heavy (non-hydrogen) atoms. The van der Waals surface area contributed by atoms with Crippen molar-refractivity contribution in [2.75, 3.05) is 101 Å². The van der Waals surface area contributed by atoms with Gasteiger partial charge in [0.2, 0.25) is 15.9 Å². The van der Waals surface area contributed by atoms with Crippen molar-refractivity contribution in [1.29, 1.82) is 0 Å². The van der Waals surface area contributed by atoms with Gasteiger partial charge in [-0.2, -0.15) is 0 Å². The quantitative estimate of drug-likeness (QED) is 0.0719. The number of benzene rings is 4. The number of hydrogen-bond donors (Lipinski definition) is 5. The van der Waals surface area contributed by atoms with Gasteiger partial charge in [-0.25, -0.2) is 18.2 Å². The predicted molar refractivity (Wildman–Crippen MR) is 251 cm³/mol. The monoisotopic (exact) mass is 895 g/mol. The summed E-state index contributed by atoms with van der Waals surface area (Å²) in [5.74, 6) is 1.94. The lowest BCUT2D eigenvalue weighted by molar-refractivity contribution is -0.133. The van der Waals surface area contributed by atoms with Crippen molar-refractivity contribution in [3.05, 3.63) is 96.2 Å². The van der Waals surface area contributed by atoms with Crippen molar-refractivity contribution < 1.29 is 37.0 Å². The third-order valence-corrected chi connectivity index (χ3v) is 11.0. The van der Waals surface area contributed by atoms with Gasteiger partial charge < -0.3 is 45.3 Å². The fourth-order valence-electron chi connectivity index (χ4n) is 7.18. The average molecular weight is 896 g/mol. The molecule has 0 saturated carbocycles. The van der Waals surface area contributed by atoms with Gasteiger partial charge in [-0.05, 0) is 67.5 Å². The average Bonchev–Trinajstić information content (AvgIpc) is 3.23. The number of anilines is 5. The standard InChI is InChI=1S/C46H57N9O8S/c1-46(2,3)30-25-37(43(62-7)38(26-30)52-64(8,59)60)51-45(58)50-36-15-16-39(34-12-10-9-11-33(34)36)63-32-17-18-47-41(28-32)49-31-13-14-35(40(27-31)61-6)44(57)48-19-20-54-21-23-55(24-22-54)42(56)29-53(4)5/h9-18,25-28,52H,19-24,29H2,1-8H3,(H,47,49)(H,48,57)(H2,50,51,58). The highest BCUT2D eigenvalue weighted by molar-refractivity contribution is 7.92. The van der Waals surface area contributed by atoms with Crippen LogP contribution in [0.4, 0.5) is 33.4 Å². The molecule has 1 aromatic heterocycles. The first-order valence-electron chi connectivity index (χ1n) is 20.7. The Bertz CT molecular complexity index is 2610. The van der Waals surface area contributed by atoms with Gasteiger partial charge in [-0.3, -0.25) is 19.2 Å². The number of nitrogens with one attached hydrogen (secondary N) is 5. The first-order chi connectivity index (χ1) is 30.4. The lowest BCUT2D eigenvalue weighted by atomic mass is 9.86. The number of pyridine rings is 1. The Morgan fingerprint density at radius 2 is 1.52 bits per heavy atom. The molecule has 0 bridgehead atoms. The molecule has 0 radical (unpaired) electrons. The Kier molecular flexibility index (Phi) is 14.8. The van der Waals surface area contributed by atoms with E-state index in [-0.39, 0.29) is 34.4 Å². The van der Waals surface area contributed by atoms with E-state index in [0.717, 1.165) is 30.3 Å². The zero-order valence-electron chi connectivity index (χ0n) is 37.5. The van der Waals surface area contributed by atoms with E-state index in [9.17, 15) is 22.8 Å². The second-order valence-corrected chi connectivity index (χ2v) is 18.4. The second-order valence-electron chi connectivity index (χ2n) is 16.7. The Morgan fingerprint density at radius 1 is 0.812 bits per heavy atom. The van der Waals surface area contributed by atoms with Gasteiger partial charge in [0, 0.05) is 74.1 Å². The minimum Gasteiger partial charge on any atom is -0.496 e. The van der Waals surface area contributed by atoms with Crippen LogP contribution in [-0.4, -0.2) is 126 Å². The van der Waals surface area contributed by atoms with Gasteiger partial charge in [0.1, 0.15) is 23.1 Å². The molecule has 5 N–H and O–H groups in total. The molecule has 0 aliphatic carbocycles. The minimum absolute atomic E-state index is 0.127. The summed E-state index contributed by atoms with van der Waals surface area (Å²) in [6, 6.07) is 22.5. The summed E-state index contributed by atoms with van der Waals surface area (Å²) in [6.07, 6.45) is 2.66. The molecule has 1 aliphatic heterocycles. The number of amides is 4. The van der Waals surface area contributed by atoms with E-state index < -0.39 is 16.1 Å². The molecule has 17 nitrogen and oxygen atoms in total. The fourth-order valence-corrected chi connectivity index (χ4v) is 7.74. The Morgan fingerprint density at radius 3 is 2.19 bits per heavy atom. The number of hydrogen-bond acceptors (Lipinski definition) is 12. The van der Waals surface area contributed by atoms with Gasteiger partial charge >= 0.3 is 6.03 Å². The number of carbonyl (C=O) groups excluding carboxylic acids is 3. The van der Waals surface area contributed by atoms with Crippen LogP contribution in [0, 0.1) is 0 Å². The maximum atomic E-state index is 13.5. The molecule has 340 valence electrons. The topological polar surface area (TPSA) is 196 Å². The maximum Gasteiger partial charge on any atom is 0.323 e. The van der Waals surface area contributed by atoms with Crippen LogP contribution in [0.1, 0.15) is 36.7 Å². The summed E-state index contributed by atoms with van der Waals surface area (Å²) in [5, 5.41) is 13.5. The first-order valence-corrected chi connectivity index (χ1v) is 22.6. The van der Waals surface area contributed by atoms with Gasteiger partial charge in [0.15, 0.2) is 5.75 Å². The number of rotatable bonds is 16. The molecule has 5 aromatic rings. The lowest BCUT2D eigenvalue weighted by Crippen LogP contribution is -2.51. The number of methoxy groups -OCH3 is 2. The van der Waals surface area contributed by atoms with Crippen molar-refractivity contribution in [2.24, 2.45) is 0 Å². The van der Waals surface area contributed by atoms with Crippen LogP contribution in [0.3, 0.4) is 0 Å². The second kappa shape index (κ2) is 20.3. The highest BCUT2D eigenvalue weighted by Crippen LogP contribution is 2.40. The van der Waals surface area contributed by atoms with E-state index in [1.165, 1.54) is 14.2 Å². The summed E-state index contributed by atoms with van der Waals surface area (Å²) in [5.41, 5.74) is 2.43. The molecular weight excluding hydrogens is 839 g/mol. The van der Waals surface area contributed by atoms with Gasteiger partial charge in [-0.1, -0.05) is 45.0 Å². The number of likely N-dealkylation sites (N-methyl/N-ethyl adjacent to an activating group) is 1. The Balaban J connectivity index is 1.09. The molecule has 0 unspecified atom stereocenters. The third-order valence-electron chi connectivity index (χ3n) is 10.4. The van der Waals surface area contributed by atoms with E-state index in [0.29, 0.717) is 78.1 Å². The van der Waals surface area contributed by atoms with Gasteiger partial charge in [0.25, 0.3) is 5.91 Å². The van der Waals surface area contributed by atoms with Crippen molar-refractivity contribution in [3.8, 4) is 23.0 Å². The summed E-state index contributed by atoms with van der Waals surface area (Å²) >= 11 is 0. The van der Waals surface area contributed by atoms with E-state index >= 15 is 0 Å². The first kappa shape index (κ1) is 46.9. The van der Waals surface area contributed by atoms with Crippen LogP contribution < -0.4 is 40.2 Å². The zero-order chi connectivity index (χ0) is 46.2. The zero-order valence-corrected chi connectivity index (χ0v) is 38.3. The van der Waals surface area contributed by atoms with Gasteiger partial charge in [0.05, 0.1) is 49.6 Å². The van der Waals surface area contributed by atoms with Crippen LogP contribution in [-0.2, 0) is 20.2 Å². The molecule has 18 heteroatoms. The minimum atomic E-state index is -3.65. The van der Waals surface area contributed by atoms with E-state index in [4.69, 9.17) is 14.2 Å². The molecule has 1 aliphatic rings. The number of fused-ring (bicyclic) bond motifs is 1. The van der Waals surface area contributed by atoms with E-state index in [1.54, 1.807) is 60.8 Å². The number of sulfonamides is 1. The van der Waals surface area contributed by atoms with Crippen LogP contribution in [0.2, 0.25) is 0 Å². The number of aromatic nitrogens is 1. The fraction of sp³-hybridized carbons (Fsp3) is 0.348. The third kappa shape index (κ3) is 12.3. The molecular formula is C46H57N9O8S. The number of piperazine rings is 1. The molecule has 4 aromatic carbocycles. The van der Waals surface area contributed by atoms with Crippen molar-refractivity contribution in [1.82, 2.24) is 25.0 Å². The maximum absolute atomic E-state index is 13.5. The summed E-state index contributed by atoms with van der Waals surface area (Å²) in [6.45, 7) is 10.3. The summed E-state index contributed by atoms with van der Waals surface area (Å²) in [4.78, 5) is 49.6. The number of urea groups is 1. The van der Waals surface area contributed by atoms with E-state index in [2.05, 4.69) is 35.9 Å². The van der Waals surface area contributed by atoms with Crippen molar-refractivity contribution in [2.45, 2.75) is 26.2 Å². The van der Waals surface area contributed by atoms with Crippen LogP contribution in [0.5, 0.6) is 23.0 Å². The molecule has 4 amide bonds. The van der Waals surface area contributed by atoms with Crippen LogP contribution in [0.25, 0.3) is 10.8 Å². The van der Waals surface area contributed by atoms with Crippen molar-refractivity contribution in [3.63, 3.8) is 0 Å². The normalized spacial score (nSPS) is 13.3. The highest BCUT2D eigenvalue weighted by atomic mass is 32.2. The van der Waals surface area contributed by atoms with Crippen molar-refractivity contribution >= 4 is 67.2 Å². The number of carbonyl (C=O) groups is 3.